The van der Waals surface area contributed by atoms with E-state index in [0.29, 0.717) is 11.5 Å². The van der Waals surface area contributed by atoms with Crippen molar-refractivity contribution >= 4 is 17.4 Å². The number of nitrogens with zero attached hydrogens (tertiary/aromatic N) is 3. The van der Waals surface area contributed by atoms with Crippen LogP contribution in [-0.4, -0.2) is 62.4 Å². The Hall–Kier alpha value is -2.35. The normalized spacial score (nSPS) is 20.3. The van der Waals surface area contributed by atoms with Crippen LogP contribution in [0, 0.1) is 0 Å². The van der Waals surface area contributed by atoms with E-state index in [4.69, 9.17) is 9.47 Å². The summed E-state index contributed by atoms with van der Waals surface area (Å²) < 4.78 is 10.9. The van der Waals surface area contributed by atoms with E-state index in [1.54, 1.807) is 26.0 Å². The van der Waals surface area contributed by atoms with Crippen LogP contribution in [0.25, 0.3) is 0 Å². The van der Waals surface area contributed by atoms with Crippen molar-refractivity contribution in [3.63, 3.8) is 0 Å². The van der Waals surface area contributed by atoms with E-state index in [1.807, 2.05) is 34.6 Å². The summed E-state index contributed by atoms with van der Waals surface area (Å²) in [5, 5.41) is 12.5. The Kier molecular flexibility index (Phi) is 6.41. The van der Waals surface area contributed by atoms with Gasteiger partial charge in [0, 0.05) is 43.8 Å². The molecule has 30 heavy (non-hydrogen) atoms. The lowest BCUT2D eigenvalue weighted by Crippen LogP contribution is -2.44. The van der Waals surface area contributed by atoms with Crippen LogP contribution in [0.15, 0.2) is 53.8 Å². The van der Waals surface area contributed by atoms with Crippen LogP contribution in [0.4, 0.5) is 5.69 Å². The number of ether oxygens (including phenoxy) is 2. The van der Waals surface area contributed by atoms with Crippen molar-refractivity contribution in [3.05, 3.63) is 64.9 Å². The molecule has 1 saturated heterocycles. The quantitative estimate of drug-likeness (QED) is 0.746. The standard InChI is InChI=1S/C23H29N3O3S/c1-24-10-12-25(13-11-24)15-18-6-4-5-7-19(18)26-22(27)16-30-23(26)17-8-9-20(28-2)21(14-17)29-3/h4-9,14,16,23,27H,10-13,15H2,1-3H3. The number of likely N-dealkylation sites (N-methyl/N-ethyl adjacent to an activating group) is 1. The summed E-state index contributed by atoms with van der Waals surface area (Å²) in [4.78, 5) is 6.85. The first-order valence-corrected chi connectivity index (χ1v) is 11.1. The average molecular weight is 428 g/mol. The molecule has 2 aliphatic heterocycles. The van der Waals surface area contributed by atoms with Crippen molar-refractivity contribution in [2.45, 2.75) is 11.9 Å². The first-order valence-electron chi connectivity index (χ1n) is 10.1. The van der Waals surface area contributed by atoms with Gasteiger partial charge in [-0.2, -0.15) is 0 Å². The van der Waals surface area contributed by atoms with Crippen molar-refractivity contribution in [3.8, 4) is 11.5 Å². The van der Waals surface area contributed by atoms with E-state index < -0.39 is 0 Å². The van der Waals surface area contributed by atoms with Crippen LogP contribution in [-0.2, 0) is 6.54 Å². The van der Waals surface area contributed by atoms with Gasteiger partial charge in [0.05, 0.1) is 14.2 Å². The molecule has 2 heterocycles. The van der Waals surface area contributed by atoms with Crippen molar-refractivity contribution in [2.75, 3.05) is 52.3 Å². The molecule has 0 bridgehead atoms. The Balaban J connectivity index is 1.63. The summed E-state index contributed by atoms with van der Waals surface area (Å²) in [6, 6.07) is 14.3. The molecule has 2 aromatic rings. The molecule has 4 rings (SSSR count). The fraction of sp³-hybridized carbons (Fsp3) is 0.391. The summed E-state index contributed by atoms with van der Waals surface area (Å²) in [6.07, 6.45) is 0. The highest BCUT2D eigenvalue weighted by Crippen LogP contribution is 2.47. The average Bonchev–Trinajstić information content (AvgIpc) is 3.16. The molecule has 1 fully saturated rings. The summed E-state index contributed by atoms with van der Waals surface area (Å²) in [7, 11) is 5.45. The van der Waals surface area contributed by atoms with Gasteiger partial charge in [0.25, 0.3) is 0 Å². The molecule has 1 N–H and O–H groups in total. The first kappa shape index (κ1) is 20.9. The van der Waals surface area contributed by atoms with E-state index >= 15 is 0 Å². The van der Waals surface area contributed by atoms with Gasteiger partial charge < -0.3 is 19.5 Å². The summed E-state index contributed by atoms with van der Waals surface area (Å²) in [5.74, 6) is 1.65. The third kappa shape index (κ3) is 4.24. The smallest absolute Gasteiger partial charge is 0.199 e. The number of hydrogen-bond donors (Lipinski definition) is 1. The van der Waals surface area contributed by atoms with E-state index in [1.165, 1.54) is 5.56 Å². The van der Waals surface area contributed by atoms with Crippen molar-refractivity contribution in [1.29, 1.82) is 0 Å². The summed E-state index contributed by atoms with van der Waals surface area (Å²) in [6.45, 7) is 5.15. The van der Waals surface area contributed by atoms with Gasteiger partial charge in [-0.1, -0.05) is 36.0 Å². The van der Waals surface area contributed by atoms with Gasteiger partial charge in [-0.25, -0.2) is 0 Å². The van der Waals surface area contributed by atoms with Gasteiger partial charge in [0.2, 0.25) is 0 Å². The number of rotatable bonds is 6. The largest absolute Gasteiger partial charge is 0.494 e. The highest BCUT2D eigenvalue weighted by Gasteiger charge is 2.32. The zero-order valence-corrected chi connectivity index (χ0v) is 18.6. The second-order valence-electron chi connectivity index (χ2n) is 7.66. The van der Waals surface area contributed by atoms with E-state index in [2.05, 4.69) is 35.0 Å². The Morgan fingerprint density at radius 2 is 1.73 bits per heavy atom. The number of hydrogen-bond acceptors (Lipinski definition) is 7. The van der Waals surface area contributed by atoms with Crippen molar-refractivity contribution in [1.82, 2.24) is 9.80 Å². The van der Waals surface area contributed by atoms with Crippen LogP contribution >= 0.6 is 11.8 Å². The lowest BCUT2D eigenvalue weighted by atomic mass is 10.1. The number of para-hydroxylation sites is 1. The number of aliphatic hydroxyl groups excluding tert-OH is 1. The zero-order chi connectivity index (χ0) is 21.1. The molecule has 0 spiro atoms. The van der Waals surface area contributed by atoms with Gasteiger partial charge in [-0.15, -0.1) is 0 Å². The molecule has 0 amide bonds. The number of benzene rings is 2. The fourth-order valence-electron chi connectivity index (χ4n) is 3.97. The molecule has 0 aromatic heterocycles. The topological polar surface area (TPSA) is 48.4 Å². The lowest BCUT2D eigenvalue weighted by Gasteiger charge is -2.34. The van der Waals surface area contributed by atoms with Gasteiger partial charge >= 0.3 is 0 Å². The number of methoxy groups -OCH3 is 2. The lowest BCUT2D eigenvalue weighted by molar-refractivity contribution is 0.148. The molecule has 2 aliphatic rings. The number of anilines is 1. The van der Waals surface area contributed by atoms with E-state index in [-0.39, 0.29) is 11.3 Å². The van der Waals surface area contributed by atoms with E-state index in [9.17, 15) is 5.11 Å². The van der Waals surface area contributed by atoms with Gasteiger partial charge in [0.1, 0.15) is 5.37 Å². The minimum Gasteiger partial charge on any atom is -0.494 e. The van der Waals surface area contributed by atoms with Crippen molar-refractivity contribution < 1.29 is 14.6 Å². The molecule has 2 aromatic carbocycles. The molecular formula is C23H29N3O3S. The SMILES string of the molecule is COc1ccc(C2SC=C(O)N2c2ccccc2CN2CCN(C)CC2)cc1OC. The maximum atomic E-state index is 10.8. The van der Waals surface area contributed by atoms with E-state index in [0.717, 1.165) is 44.0 Å². The second-order valence-corrected chi connectivity index (χ2v) is 8.61. The zero-order valence-electron chi connectivity index (χ0n) is 17.7. The van der Waals surface area contributed by atoms with Crippen LogP contribution in [0.5, 0.6) is 11.5 Å². The Morgan fingerprint density at radius 3 is 2.47 bits per heavy atom. The molecule has 1 unspecified atom stereocenters. The van der Waals surface area contributed by atoms with Gasteiger partial charge in [-0.05, 0) is 36.4 Å². The predicted molar refractivity (Wildman–Crippen MR) is 122 cm³/mol. The Labute approximate surface area is 182 Å². The maximum Gasteiger partial charge on any atom is 0.199 e. The third-order valence-electron chi connectivity index (χ3n) is 5.72. The van der Waals surface area contributed by atoms with Crippen LogP contribution in [0.3, 0.4) is 0 Å². The fourth-order valence-corrected chi connectivity index (χ4v) is 4.98. The summed E-state index contributed by atoms with van der Waals surface area (Å²) >= 11 is 1.59. The Morgan fingerprint density at radius 1 is 1.00 bits per heavy atom. The minimum atomic E-state index is -0.0709. The monoisotopic (exact) mass is 427 g/mol. The predicted octanol–water partition coefficient (Wildman–Crippen LogP) is 4.06. The van der Waals surface area contributed by atoms with Crippen LogP contribution < -0.4 is 14.4 Å². The second kappa shape index (κ2) is 9.20. The number of thioether (sulfide) groups is 1. The van der Waals surface area contributed by atoms with Crippen LogP contribution in [0.2, 0.25) is 0 Å². The molecule has 7 heteroatoms. The summed E-state index contributed by atoms with van der Waals surface area (Å²) in [5.41, 5.74) is 3.30. The number of piperazine rings is 1. The molecule has 0 radical (unpaired) electrons. The Bertz CT molecular complexity index is 912. The highest BCUT2D eigenvalue weighted by atomic mass is 32.2. The molecule has 1 atom stereocenters. The van der Waals surface area contributed by atoms with Gasteiger partial charge in [0.15, 0.2) is 17.4 Å². The highest BCUT2D eigenvalue weighted by molar-refractivity contribution is 8.02. The maximum absolute atomic E-state index is 10.8. The number of aliphatic hydroxyl groups is 1. The van der Waals surface area contributed by atoms with Gasteiger partial charge in [-0.3, -0.25) is 9.80 Å². The molecule has 0 saturated carbocycles. The molecule has 6 nitrogen and oxygen atoms in total. The molecule has 160 valence electrons. The first-order chi connectivity index (χ1) is 14.6. The van der Waals surface area contributed by atoms with Crippen LogP contribution in [0.1, 0.15) is 16.5 Å². The minimum absolute atomic E-state index is 0.0709. The van der Waals surface area contributed by atoms with Crippen molar-refractivity contribution in [2.24, 2.45) is 0 Å². The molecular weight excluding hydrogens is 398 g/mol. The third-order valence-corrected chi connectivity index (χ3v) is 6.81. The molecule has 0 aliphatic carbocycles.